The molecule has 1 aliphatic rings. The highest BCUT2D eigenvalue weighted by molar-refractivity contribution is 6.08. The second-order valence-electron chi connectivity index (χ2n) is 7.01. The van der Waals surface area contributed by atoms with Crippen molar-refractivity contribution >= 4 is 17.9 Å². The van der Waals surface area contributed by atoms with Crippen molar-refractivity contribution in [3.8, 4) is 22.6 Å². The number of carbonyl (C=O) groups is 3. The molecule has 0 aromatic heterocycles. The number of urea groups is 1. The van der Waals surface area contributed by atoms with Crippen molar-refractivity contribution in [2.45, 2.75) is 19.4 Å². The molecule has 0 saturated heterocycles. The number of esters is 1. The van der Waals surface area contributed by atoms with Crippen molar-refractivity contribution in [3.05, 3.63) is 83.4 Å². The van der Waals surface area contributed by atoms with Crippen LogP contribution in [0.25, 0.3) is 11.1 Å². The van der Waals surface area contributed by atoms with Crippen LogP contribution in [-0.4, -0.2) is 23.0 Å². The molecule has 156 valence electrons. The molecular formula is C24H20N2O5. The maximum Gasteiger partial charge on any atom is 0.322 e. The summed E-state index contributed by atoms with van der Waals surface area (Å²) in [7, 11) is 0. The summed E-state index contributed by atoms with van der Waals surface area (Å²) in [5.74, 6) is -1.96. The van der Waals surface area contributed by atoms with E-state index < -0.39 is 29.7 Å². The zero-order chi connectivity index (χ0) is 22.0. The minimum Gasteiger partial charge on any atom is -0.507 e. The maximum atomic E-state index is 12.7. The van der Waals surface area contributed by atoms with Crippen LogP contribution in [0.4, 0.5) is 4.79 Å². The van der Waals surface area contributed by atoms with Gasteiger partial charge in [-0.2, -0.15) is 0 Å². The molecule has 0 aliphatic heterocycles. The van der Waals surface area contributed by atoms with Gasteiger partial charge in [0.2, 0.25) is 0 Å². The molecule has 31 heavy (non-hydrogen) atoms. The molecule has 7 nitrogen and oxygen atoms in total. The van der Waals surface area contributed by atoms with Gasteiger partial charge in [0.15, 0.2) is 0 Å². The van der Waals surface area contributed by atoms with E-state index in [1.165, 1.54) is 18.2 Å². The Kier molecular flexibility index (Phi) is 5.41. The van der Waals surface area contributed by atoms with Gasteiger partial charge in [-0.1, -0.05) is 61.5 Å². The number of hydrogen-bond donors (Lipinski definition) is 3. The monoisotopic (exact) mass is 416 g/mol. The van der Waals surface area contributed by atoms with Crippen LogP contribution >= 0.6 is 0 Å². The molecule has 0 atom stereocenters. The van der Waals surface area contributed by atoms with Gasteiger partial charge in [0.05, 0.1) is 6.04 Å². The highest BCUT2D eigenvalue weighted by atomic mass is 16.5. The number of carbonyl (C=O) groups excluding carboxylic acids is 3. The fourth-order valence-electron chi connectivity index (χ4n) is 3.67. The summed E-state index contributed by atoms with van der Waals surface area (Å²) in [6.45, 7) is 1.61. The van der Waals surface area contributed by atoms with Crippen molar-refractivity contribution in [2.75, 3.05) is 0 Å². The molecule has 4 rings (SSSR count). The average Bonchev–Trinajstić information content (AvgIpc) is 3.07. The van der Waals surface area contributed by atoms with E-state index >= 15 is 0 Å². The van der Waals surface area contributed by atoms with Crippen molar-refractivity contribution in [1.82, 2.24) is 10.6 Å². The zero-order valence-corrected chi connectivity index (χ0v) is 16.7. The standard InChI is InChI=1S/C24H20N2O5/c1-2-20(28)31-19-13-7-12-18(27)21(19)23(29)26-24(30)25-22-16-10-5-3-8-14(16)15-9-4-6-11-17(15)22/h3-13,22,27H,2H2,1H3,(H2,25,26,29,30). The molecule has 3 aromatic rings. The van der Waals surface area contributed by atoms with Crippen LogP contribution in [0.15, 0.2) is 66.7 Å². The molecule has 0 saturated carbocycles. The number of hydrogen-bond acceptors (Lipinski definition) is 5. The van der Waals surface area contributed by atoms with E-state index in [0.29, 0.717) is 0 Å². The Morgan fingerprint density at radius 1 is 0.903 bits per heavy atom. The normalized spacial score (nSPS) is 11.9. The van der Waals surface area contributed by atoms with Crippen LogP contribution in [0.1, 0.15) is 40.9 Å². The number of ether oxygens (including phenoxy) is 1. The second kappa shape index (κ2) is 8.31. The lowest BCUT2D eigenvalue weighted by atomic mass is 10.1. The molecule has 0 fully saturated rings. The van der Waals surface area contributed by atoms with Gasteiger partial charge in [0.1, 0.15) is 17.1 Å². The van der Waals surface area contributed by atoms with Gasteiger partial charge >= 0.3 is 12.0 Å². The van der Waals surface area contributed by atoms with E-state index in [1.807, 2.05) is 48.5 Å². The summed E-state index contributed by atoms with van der Waals surface area (Å²) in [5.41, 5.74) is 3.60. The highest BCUT2D eigenvalue weighted by Gasteiger charge is 2.30. The lowest BCUT2D eigenvalue weighted by molar-refractivity contribution is -0.134. The third-order valence-electron chi connectivity index (χ3n) is 5.08. The first-order chi connectivity index (χ1) is 15.0. The van der Waals surface area contributed by atoms with E-state index in [4.69, 9.17) is 4.74 Å². The Hall–Kier alpha value is -4.13. The molecule has 1 aliphatic carbocycles. The van der Waals surface area contributed by atoms with Crippen molar-refractivity contribution in [1.29, 1.82) is 0 Å². The van der Waals surface area contributed by atoms with Crippen molar-refractivity contribution < 1.29 is 24.2 Å². The van der Waals surface area contributed by atoms with Gasteiger partial charge in [-0.3, -0.25) is 14.9 Å². The van der Waals surface area contributed by atoms with Gasteiger partial charge in [-0.05, 0) is 34.4 Å². The Morgan fingerprint density at radius 2 is 1.52 bits per heavy atom. The lowest BCUT2D eigenvalue weighted by Crippen LogP contribution is -2.41. The minimum atomic E-state index is -0.880. The highest BCUT2D eigenvalue weighted by Crippen LogP contribution is 2.42. The summed E-state index contributed by atoms with van der Waals surface area (Å²) >= 11 is 0. The molecule has 0 spiro atoms. The molecule has 3 N–H and O–H groups in total. The summed E-state index contributed by atoms with van der Waals surface area (Å²) in [6.07, 6.45) is 0.0949. The number of fused-ring (bicyclic) bond motifs is 3. The van der Waals surface area contributed by atoms with Crippen molar-refractivity contribution in [3.63, 3.8) is 0 Å². The van der Waals surface area contributed by atoms with Crippen LogP contribution in [0.3, 0.4) is 0 Å². The lowest BCUT2D eigenvalue weighted by Gasteiger charge is -2.17. The molecule has 0 bridgehead atoms. The number of phenolic OH excluding ortho intramolecular Hbond substituents is 1. The predicted octanol–water partition coefficient (Wildman–Crippen LogP) is 3.92. The predicted molar refractivity (Wildman–Crippen MR) is 114 cm³/mol. The Morgan fingerprint density at radius 3 is 2.13 bits per heavy atom. The average molecular weight is 416 g/mol. The van der Waals surface area contributed by atoms with Gasteiger partial charge in [-0.15, -0.1) is 0 Å². The smallest absolute Gasteiger partial charge is 0.322 e. The Labute approximate surface area is 178 Å². The van der Waals surface area contributed by atoms with E-state index in [2.05, 4.69) is 10.6 Å². The molecule has 0 heterocycles. The van der Waals surface area contributed by atoms with E-state index in [1.54, 1.807) is 6.92 Å². The number of aromatic hydroxyl groups is 1. The fourth-order valence-corrected chi connectivity index (χ4v) is 3.67. The maximum absolute atomic E-state index is 12.7. The van der Waals surface area contributed by atoms with Crippen LogP contribution in [0.5, 0.6) is 11.5 Å². The Balaban J connectivity index is 1.56. The largest absolute Gasteiger partial charge is 0.507 e. The SMILES string of the molecule is CCC(=O)Oc1cccc(O)c1C(=O)NC(=O)NC1c2ccccc2-c2ccccc21. The zero-order valence-electron chi connectivity index (χ0n) is 16.7. The number of amides is 3. The molecule has 7 heteroatoms. The summed E-state index contributed by atoms with van der Waals surface area (Å²) < 4.78 is 5.11. The topological polar surface area (TPSA) is 105 Å². The Bertz CT molecular complexity index is 1140. The first kappa shape index (κ1) is 20.2. The van der Waals surface area contributed by atoms with Crippen LogP contribution in [-0.2, 0) is 4.79 Å². The molecule has 3 aromatic carbocycles. The summed E-state index contributed by atoms with van der Waals surface area (Å²) in [6, 6.07) is 18.4. The van der Waals surface area contributed by atoms with Gasteiger partial charge in [0, 0.05) is 6.42 Å². The molecular weight excluding hydrogens is 396 g/mol. The van der Waals surface area contributed by atoms with Crippen molar-refractivity contribution in [2.24, 2.45) is 0 Å². The number of phenols is 1. The van der Waals surface area contributed by atoms with Crippen LogP contribution in [0, 0.1) is 0 Å². The molecule has 0 unspecified atom stereocenters. The second-order valence-corrected chi connectivity index (χ2v) is 7.01. The fraction of sp³-hybridized carbons (Fsp3) is 0.125. The molecule has 3 amide bonds. The van der Waals surface area contributed by atoms with Crippen LogP contribution in [0.2, 0.25) is 0 Å². The van der Waals surface area contributed by atoms with Gasteiger partial charge in [0.25, 0.3) is 5.91 Å². The number of nitrogens with one attached hydrogen (secondary N) is 2. The summed E-state index contributed by atoms with van der Waals surface area (Å²) in [4.78, 5) is 37.0. The number of imide groups is 1. The van der Waals surface area contributed by atoms with E-state index in [9.17, 15) is 19.5 Å². The third kappa shape index (κ3) is 3.85. The minimum absolute atomic E-state index is 0.0949. The van der Waals surface area contributed by atoms with Gasteiger partial charge < -0.3 is 15.2 Å². The molecule has 0 radical (unpaired) electrons. The number of rotatable bonds is 4. The van der Waals surface area contributed by atoms with E-state index in [-0.39, 0.29) is 17.7 Å². The van der Waals surface area contributed by atoms with Crippen LogP contribution < -0.4 is 15.4 Å². The third-order valence-corrected chi connectivity index (χ3v) is 5.08. The first-order valence-corrected chi connectivity index (χ1v) is 9.82. The summed E-state index contributed by atoms with van der Waals surface area (Å²) in [5, 5.41) is 15.2. The quantitative estimate of drug-likeness (QED) is 0.442. The first-order valence-electron chi connectivity index (χ1n) is 9.82. The van der Waals surface area contributed by atoms with E-state index in [0.717, 1.165) is 22.3 Å². The number of benzene rings is 3. The van der Waals surface area contributed by atoms with Gasteiger partial charge in [-0.25, -0.2) is 4.79 Å².